The van der Waals surface area contributed by atoms with Gasteiger partial charge < -0.3 is 4.74 Å². The number of amides is 1. The van der Waals surface area contributed by atoms with Crippen LogP contribution in [0.25, 0.3) is 0 Å². The van der Waals surface area contributed by atoms with Crippen LogP contribution in [0.5, 0.6) is 5.75 Å². The van der Waals surface area contributed by atoms with Gasteiger partial charge in [-0.25, -0.2) is 5.43 Å². The van der Waals surface area contributed by atoms with Gasteiger partial charge in [-0.15, -0.1) is 0 Å². The average Bonchev–Trinajstić information content (AvgIpc) is 2.66. The van der Waals surface area contributed by atoms with Crippen LogP contribution < -0.4 is 10.2 Å². The number of nitrogens with zero attached hydrogens (tertiary/aromatic N) is 1. The molecule has 25 heavy (non-hydrogen) atoms. The Hall–Kier alpha value is -2.62. The highest BCUT2D eigenvalue weighted by Gasteiger charge is 2.10. The molecule has 0 fully saturated rings. The maximum Gasteiger partial charge on any atom is 0.277 e. The highest BCUT2D eigenvalue weighted by Crippen LogP contribution is 2.28. The molecule has 0 bridgehead atoms. The summed E-state index contributed by atoms with van der Waals surface area (Å²) in [4.78, 5) is 11.9. The molecule has 0 aromatic heterocycles. The standard InChI is InChI=1S/C21H26N2O2/c1-3-17(2)19-13-7-8-14-20(19)25-16-21(24)23-22-15-9-12-18-10-5-4-6-11-18/h4-8,10-11,13-15,17H,3,9,12,16H2,1-2H3,(H,23,24)/b22-15+. The molecule has 0 aliphatic heterocycles. The first-order valence-electron chi connectivity index (χ1n) is 8.76. The second-order valence-electron chi connectivity index (χ2n) is 6.01. The van der Waals surface area contributed by atoms with E-state index in [1.807, 2.05) is 42.5 Å². The number of carbonyl (C=O) groups is 1. The van der Waals surface area contributed by atoms with E-state index in [2.05, 4.69) is 36.5 Å². The van der Waals surface area contributed by atoms with Crippen molar-refractivity contribution >= 4 is 12.1 Å². The largest absolute Gasteiger partial charge is 0.483 e. The summed E-state index contributed by atoms with van der Waals surface area (Å²) in [5.41, 5.74) is 4.89. The summed E-state index contributed by atoms with van der Waals surface area (Å²) in [5, 5.41) is 3.97. The molecular formula is C21H26N2O2. The van der Waals surface area contributed by atoms with E-state index in [-0.39, 0.29) is 12.5 Å². The van der Waals surface area contributed by atoms with Crippen molar-refractivity contribution in [1.29, 1.82) is 0 Å². The highest BCUT2D eigenvalue weighted by molar-refractivity contribution is 5.78. The molecule has 0 heterocycles. The Bertz CT molecular complexity index is 683. The minimum absolute atomic E-state index is 0.0382. The molecule has 0 spiro atoms. The summed E-state index contributed by atoms with van der Waals surface area (Å²) in [6, 6.07) is 18.0. The summed E-state index contributed by atoms with van der Waals surface area (Å²) in [6.45, 7) is 4.25. The molecule has 132 valence electrons. The monoisotopic (exact) mass is 338 g/mol. The minimum Gasteiger partial charge on any atom is -0.483 e. The molecule has 2 aromatic rings. The van der Waals surface area contributed by atoms with Crippen LogP contribution in [0.1, 0.15) is 43.7 Å². The van der Waals surface area contributed by atoms with Crippen molar-refractivity contribution in [3.63, 3.8) is 0 Å². The van der Waals surface area contributed by atoms with Crippen LogP contribution in [-0.2, 0) is 11.2 Å². The first-order chi connectivity index (χ1) is 12.2. The number of rotatable bonds is 9. The fourth-order valence-electron chi connectivity index (χ4n) is 2.47. The zero-order chi connectivity index (χ0) is 17.9. The van der Waals surface area contributed by atoms with Crippen LogP contribution in [0.4, 0.5) is 0 Å². The molecule has 2 rings (SSSR count). The molecule has 0 aliphatic carbocycles. The predicted molar refractivity (Wildman–Crippen MR) is 102 cm³/mol. The molecule has 1 atom stereocenters. The van der Waals surface area contributed by atoms with E-state index in [9.17, 15) is 4.79 Å². The van der Waals surface area contributed by atoms with E-state index in [1.165, 1.54) is 5.56 Å². The number of hydrogen-bond acceptors (Lipinski definition) is 3. The fourth-order valence-corrected chi connectivity index (χ4v) is 2.47. The van der Waals surface area contributed by atoms with Gasteiger partial charge >= 0.3 is 0 Å². The number of benzene rings is 2. The molecule has 1 unspecified atom stereocenters. The number of nitrogens with one attached hydrogen (secondary N) is 1. The topological polar surface area (TPSA) is 50.7 Å². The quantitative estimate of drug-likeness (QED) is 0.547. The Balaban J connectivity index is 1.73. The summed E-state index contributed by atoms with van der Waals surface area (Å²) in [6.07, 6.45) is 4.43. The maximum atomic E-state index is 11.9. The first kappa shape index (κ1) is 18.7. The van der Waals surface area contributed by atoms with Crippen molar-refractivity contribution in [3.8, 4) is 5.75 Å². The van der Waals surface area contributed by atoms with E-state index in [4.69, 9.17) is 4.74 Å². The van der Waals surface area contributed by atoms with Gasteiger partial charge in [0.05, 0.1) is 0 Å². The van der Waals surface area contributed by atoms with Crippen molar-refractivity contribution in [3.05, 3.63) is 65.7 Å². The van der Waals surface area contributed by atoms with E-state index < -0.39 is 0 Å². The van der Waals surface area contributed by atoms with Crippen LogP contribution >= 0.6 is 0 Å². The van der Waals surface area contributed by atoms with Crippen LogP contribution in [0.15, 0.2) is 59.7 Å². The Morgan fingerprint density at radius 3 is 2.64 bits per heavy atom. The number of hydrogen-bond donors (Lipinski definition) is 1. The molecule has 2 aromatic carbocycles. The van der Waals surface area contributed by atoms with Gasteiger partial charge in [0, 0.05) is 6.21 Å². The highest BCUT2D eigenvalue weighted by atomic mass is 16.5. The Kier molecular flexibility index (Phi) is 7.70. The summed E-state index contributed by atoms with van der Waals surface area (Å²) >= 11 is 0. The minimum atomic E-state index is -0.255. The van der Waals surface area contributed by atoms with E-state index in [0.29, 0.717) is 5.92 Å². The van der Waals surface area contributed by atoms with Crippen molar-refractivity contribution in [1.82, 2.24) is 5.43 Å². The van der Waals surface area contributed by atoms with Crippen molar-refractivity contribution in [2.24, 2.45) is 5.10 Å². The Labute approximate surface area is 149 Å². The van der Waals surface area contributed by atoms with Gasteiger partial charge in [-0.2, -0.15) is 5.10 Å². The lowest BCUT2D eigenvalue weighted by atomic mass is 9.98. The third-order valence-corrected chi connectivity index (χ3v) is 4.11. The molecule has 4 nitrogen and oxygen atoms in total. The fraction of sp³-hybridized carbons (Fsp3) is 0.333. The normalized spacial score (nSPS) is 12.1. The zero-order valence-electron chi connectivity index (χ0n) is 14.9. The third-order valence-electron chi connectivity index (χ3n) is 4.11. The molecular weight excluding hydrogens is 312 g/mol. The van der Waals surface area contributed by atoms with Gasteiger partial charge in [0.15, 0.2) is 6.61 Å². The first-order valence-corrected chi connectivity index (χ1v) is 8.76. The molecule has 0 saturated carbocycles. The molecule has 0 aliphatic rings. The summed E-state index contributed by atoms with van der Waals surface area (Å²) in [7, 11) is 0. The number of ether oxygens (including phenoxy) is 1. The van der Waals surface area contributed by atoms with Gasteiger partial charge in [-0.1, -0.05) is 62.4 Å². The van der Waals surface area contributed by atoms with E-state index in [1.54, 1.807) is 6.21 Å². The van der Waals surface area contributed by atoms with Gasteiger partial charge in [0.2, 0.25) is 0 Å². The number of hydrazone groups is 1. The smallest absolute Gasteiger partial charge is 0.277 e. The van der Waals surface area contributed by atoms with Crippen LogP contribution in [0.2, 0.25) is 0 Å². The Morgan fingerprint density at radius 1 is 1.16 bits per heavy atom. The second-order valence-corrected chi connectivity index (χ2v) is 6.01. The van der Waals surface area contributed by atoms with E-state index >= 15 is 0 Å². The lowest BCUT2D eigenvalue weighted by molar-refractivity contribution is -0.123. The molecule has 4 heteroatoms. The summed E-state index contributed by atoms with van der Waals surface area (Å²) in [5.74, 6) is 0.908. The van der Waals surface area contributed by atoms with Gasteiger partial charge in [-0.3, -0.25) is 4.79 Å². The van der Waals surface area contributed by atoms with Crippen LogP contribution in [0.3, 0.4) is 0 Å². The zero-order valence-corrected chi connectivity index (χ0v) is 14.9. The van der Waals surface area contributed by atoms with Crippen molar-refractivity contribution in [2.75, 3.05) is 6.61 Å². The molecule has 1 amide bonds. The lowest BCUT2D eigenvalue weighted by Crippen LogP contribution is -2.24. The molecule has 0 saturated heterocycles. The molecule has 1 N–H and O–H groups in total. The average molecular weight is 338 g/mol. The van der Waals surface area contributed by atoms with E-state index in [0.717, 1.165) is 30.6 Å². The lowest BCUT2D eigenvalue weighted by Gasteiger charge is -2.15. The Morgan fingerprint density at radius 2 is 1.88 bits per heavy atom. The SMILES string of the molecule is CCC(C)c1ccccc1OCC(=O)N/N=C/CCc1ccccc1. The second kappa shape index (κ2) is 10.3. The van der Waals surface area contributed by atoms with Gasteiger partial charge in [0.25, 0.3) is 5.91 Å². The van der Waals surface area contributed by atoms with Crippen molar-refractivity contribution in [2.45, 2.75) is 39.0 Å². The maximum absolute atomic E-state index is 11.9. The third kappa shape index (κ3) is 6.42. The van der Waals surface area contributed by atoms with Gasteiger partial charge in [-0.05, 0) is 42.4 Å². The number of para-hydroxylation sites is 1. The van der Waals surface area contributed by atoms with Crippen LogP contribution in [-0.4, -0.2) is 18.7 Å². The van der Waals surface area contributed by atoms with Gasteiger partial charge in [0.1, 0.15) is 5.75 Å². The molecule has 0 radical (unpaired) electrons. The summed E-state index contributed by atoms with van der Waals surface area (Å²) < 4.78 is 5.66. The van der Waals surface area contributed by atoms with Crippen molar-refractivity contribution < 1.29 is 9.53 Å². The predicted octanol–water partition coefficient (Wildman–Crippen LogP) is 4.31. The van der Waals surface area contributed by atoms with Crippen LogP contribution in [0, 0.1) is 0 Å². The number of aryl methyl sites for hydroxylation is 1. The number of carbonyl (C=O) groups excluding carboxylic acids is 1.